The number of hydrogen-bond acceptors (Lipinski definition) is 3. The molecule has 0 spiro atoms. The Kier molecular flexibility index (Phi) is 3.86. The van der Waals surface area contributed by atoms with Gasteiger partial charge in [-0.15, -0.1) is 0 Å². The molecular formula is C7H17NO2. The Labute approximate surface area is 62.3 Å². The van der Waals surface area contributed by atoms with Crippen molar-refractivity contribution in [1.82, 2.24) is 4.90 Å². The number of rotatable bonds is 4. The normalized spacial score (nSPS) is 17.4. The Bertz CT molecular complexity index is 95.6. The molecule has 3 heteroatoms. The van der Waals surface area contributed by atoms with Crippen LogP contribution in [0.4, 0.5) is 0 Å². The van der Waals surface area contributed by atoms with Crippen LogP contribution in [0.5, 0.6) is 0 Å². The Hall–Kier alpha value is -0.120. The third kappa shape index (κ3) is 2.25. The Morgan fingerprint density at radius 1 is 1.40 bits per heavy atom. The Morgan fingerprint density at radius 2 is 1.90 bits per heavy atom. The largest absolute Gasteiger partial charge is 0.392 e. The quantitative estimate of drug-likeness (QED) is 0.551. The third-order valence-corrected chi connectivity index (χ3v) is 1.74. The minimum Gasteiger partial charge on any atom is -0.392 e. The molecule has 0 fully saturated rings. The molecule has 3 nitrogen and oxygen atoms in total. The first-order valence-corrected chi connectivity index (χ1v) is 3.57. The second kappa shape index (κ2) is 3.91. The molecule has 0 aromatic rings. The molecule has 1 atom stereocenters. The number of likely N-dealkylation sites (N-methyl/N-ethyl adjacent to an activating group) is 1. The van der Waals surface area contributed by atoms with E-state index in [1.807, 2.05) is 6.92 Å². The van der Waals surface area contributed by atoms with Crippen molar-refractivity contribution in [2.24, 2.45) is 0 Å². The predicted octanol–water partition coefficient (Wildman–Crippen LogP) is 0.0290. The van der Waals surface area contributed by atoms with Crippen LogP contribution < -0.4 is 0 Å². The highest BCUT2D eigenvalue weighted by atomic mass is 16.3. The molecule has 0 saturated heterocycles. The summed E-state index contributed by atoms with van der Waals surface area (Å²) >= 11 is 0. The molecule has 0 aliphatic carbocycles. The van der Waals surface area contributed by atoms with E-state index in [4.69, 9.17) is 5.11 Å². The maximum atomic E-state index is 9.57. The van der Waals surface area contributed by atoms with Crippen LogP contribution in [0.25, 0.3) is 0 Å². The maximum absolute atomic E-state index is 9.57. The molecule has 0 aliphatic rings. The van der Waals surface area contributed by atoms with Gasteiger partial charge in [-0.05, 0) is 20.5 Å². The molecule has 0 heterocycles. The Morgan fingerprint density at radius 3 is 2.00 bits per heavy atom. The molecule has 0 saturated carbocycles. The van der Waals surface area contributed by atoms with E-state index in [0.29, 0.717) is 6.42 Å². The summed E-state index contributed by atoms with van der Waals surface area (Å²) in [4.78, 5) is 1.64. The number of aliphatic hydroxyl groups is 2. The van der Waals surface area contributed by atoms with Gasteiger partial charge in [-0.25, -0.2) is 0 Å². The van der Waals surface area contributed by atoms with E-state index in [2.05, 4.69) is 0 Å². The summed E-state index contributed by atoms with van der Waals surface area (Å²) < 4.78 is 0. The molecule has 0 amide bonds. The summed E-state index contributed by atoms with van der Waals surface area (Å²) in [5, 5.41) is 18.4. The molecule has 0 bridgehead atoms. The summed E-state index contributed by atoms with van der Waals surface area (Å²) in [5.41, 5.74) is -1.02. The molecule has 2 N–H and O–H groups in total. The smallest absolute Gasteiger partial charge is 0.141 e. The van der Waals surface area contributed by atoms with Crippen LogP contribution in [-0.2, 0) is 0 Å². The highest BCUT2D eigenvalue weighted by Gasteiger charge is 2.26. The van der Waals surface area contributed by atoms with Crippen LogP contribution in [-0.4, -0.2) is 41.5 Å². The van der Waals surface area contributed by atoms with Crippen molar-refractivity contribution in [3.05, 3.63) is 0 Å². The summed E-state index contributed by atoms with van der Waals surface area (Å²) in [6.45, 7) is 1.78. The summed E-state index contributed by atoms with van der Waals surface area (Å²) in [6, 6.07) is 0. The van der Waals surface area contributed by atoms with Crippen LogP contribution in [0, 0.1) is 0 Å². The fraction of sp³-hybridized carbons (Fsp3) is 1.00. The topological polar surface area (TPSA) is 43.7 Å². The lowest BCUT2D eigenvalue weighted by molar-refractivity contribution is -0.122. The molecule has 0 rings (SSSR count). The second-order valence-electron chi connectivity index (χ2n) is 2.78. The second-order valence-corrected chi connectivity index (χ2v) is 2.78. The van der Waals surface area contributed by atoms with Gasteiger partial charge in [0.25, 0.3) is 0 Å². The van der Waals surface area contributed by atoms with Crippen molar-refractivity contribution in [3.63, 3.8) is 0 Å². The number of aliphatic hydroxyl groups excluding tert-OH is 1. The minimum absolute atomic E-state index is 0.201. The van der Waals surface area contributed by atoms with Crippen molar-refractivity contribution in [3.8, 4) is 0 Å². The molecule has 10 heavy (non-hydrogen) atoms. The third-order valence-electron chi connectivity index (χ3n) is 1.74. The average Bonchev–Trinajstić information content (AvgIpc) is 1.88. The van der Waals surface area contributed by atoms with Crippen LogP contribution in [0.1, 0.15) is 19.8 Å². The van der Waals surface area contributed by atoms with Crippen LogP contribution >= 0.6 is 0 Å². The number of hydrogen-bond donors (Lipinski definition) is 2. The van der Waals surface area contributed by atoms with E-state index in [0.717, 1.165) is 6.42 Å². The highest BCUT2D eigenvalue weighted by Crippen LogP contribution is 2.13. The first kappa shape index (κ1) is 9.88. The van der Waals surface area contributed by atoms with Crippen molar-refractivity contribution in [2.75, 3.05) is 20.7 Å². The van der Waals surface area contributed by atoms with Gasteiger partial charge in [0.2, 0.25) is 0 Å². The van der Waals surface area contributed by atoms with E-state index in [9.17, 15) is 5.11 Å². The fourth-order valence-electron chi connectivity index (χ4n) is 0.844. The maximum Gasteiger partial charge on any atom is 0.141 e. The fourth-order valence-corrected chi connectivity index (χ4v) is 0.844. The van der Waals surface area contributed by atoms with E-state index >= 15 is 0 Å². The zero-order valence-electron chi connectivity index (χ0n) is 6.96. The zero-order valence-corrected chi connectivity index (χ0v) is 6.96. The summed E-state index contributed by atoms with van der Waals surface area (Å²) in [7, 11) is 3.51. The van der Waals surface area contributed by atoms with Gasteiger partial charge in [0.15, 0.2) is 0 Å². The van der Waals surface area contributed by atoms with Gasteiger partial charge in [0.05, 0.1) is 6.61 Å². The molecule has 0 radical (unpaired) electrons. The zero-order chi connectivity index (χ0) is 8.20. The molecule has 0 aromatic carbocycles. The molecule has 0 aliphatic heterocycles. The van der Waals surface area contributed by atoms with Crippen LogP contribution in [0.2, 0.25) is 0 Å². The van der Waals surface area contributed by atoms with Gasteiger partial charge in [0.1, 0.15) is 5.72 Å². The van der Waals surface area contributed by atoms with E-state index < -0.39 is 5.72 Å². The highest BCUT2D eigenvalue weighted by molar-refractivity contribution is 4.72. The average molecular weight is 147 g/mol. The number of nitrogens with zero attached hydrogens (tertiary/aromatic N) is 1. The van der Waals surface area contributed by atoms with Gasteiger partial charge >= 0.3 is 0 Å². The van der Waals surface area contributed by atoms with E-state index in [1.165, 1.54) is 0 Å². The standard InChI is InChI=1S/C7H17NO2/c1-4-5-7(10,6-9)8(2)3/h9-10H,4-6H2,1-3H3. The Balaban J connectivity index is 3.94. The first-order valence-electron chi connectivity index (χ1n) is 3.57. The summed E-state index contributed by atoms with van der Waals surface area (Å²) in [6.07, 6.45) is 1.48. The lowest BCUT2D eigenvalue weighted by Gasteiger charge is -2.32. The van der Waals surface area contributed by atoms with Gasteiger partial charge in [0, 0.05) is 0 Å². The summed E-state index contributed by atoms with van der Waals surface area (Å²) in [5.74, 6) is 0. The lowest BCUT2D eigenvalue weighted by Crippen LogP contribution is -2.47. The lowest BCUT2D eigenvalue weighted by atomic mass is 10.1. The molecule has 1 unspecified atom stereocenters. The van der Waals surface area contributed by atoms with Crippen molar-refractivity contribution >= 4 is 0 Å². The van der Waals surface area contributed by atoms with Crippen molar-refractivity contribution in [1.29, 1.82) is 0 Å². The van der Waals surface area contributed by atoms with Crippen molar-refractivity contribution in [2.45, 2.75) is 25.5 Å². The van der Waals surface area contributed by atoms with Gasteiger partial charge in [-0.2, -0.15) is 0 Å². The predicted molar refractivity (Wildman–Crippen MR) is 40.6 cm³/mol. The van der Waals surface area contributed by atoms with E-state index in [-0.39, 0.29) is 6.61 Å². The van der Waals surface area contributed by atoms with Crippen molar-refractivity contribution < 1.29 is 10.2 Å². The monoisotopic (exact) mass is 147 g/mol. The first-order chi connectivity index (χ1) is 4.56. The van der Waals surface area contributed by atoms with Gasteiger partial charge in [-0.1, -0.05) is 13.3 Å². The van der Waals surface area contributed by atoms with Crippen LogP contribution in [0.15, 0.2) is 0 Å². The van der Waals surface area contributed by atoms with Gasteiger partial charge in [-0.3, -0.25) is 4.90 Å². The van der Waals surface area contributed by atoms with Crippen LogP contribution in [0.3, 0.4) is 0 Å². The van der Waals surface area contributed by atoms with E-state index in [1.54, 1.807) is 19.0 Å². The molecular weight excluding hydrogens is 130 g/mol. The minimum atomic E-state index is -1.02. The SMILES string of the molecule is CCCC(O)(CO)N(C)C. The molecule has 0 aromatic heterocycles. The van der Waals surface area contributed by atoms with Gasteiger partial charge < -0.3 is 10.2 Å². The molecule has 62 valence electrons.